The third-order valence-corrected chi connectivity index (χ3v) is 2.22. The molecule has 0 bridgehead atoms. The Hall–Kier alpha value is -2.22. The van der Waals surface area contributed by atoms with E-state index in [0.29, 0.717) is 17.0 Å². The van der Waals surface area contributed by atoms with E-state index in [9.17, 15) is 4.79 Å². The number of carbonyl (C=O) groups is 1. The van der Waals surface area contributed by atoms with Crippen LogP contribution in [0, 0.1) is 11.3 Å². The van der Waals surface area contributed by atoms with Gasteiger partial charge in [0.05, 0.1) is 19.6 Å². The first-order valence-corrected chi connectivity index (χ1v) is 5.89. The summed E-state index contributed by atoms with van der Waals surface area (Å²) in [5, 5.41) is 11.4. The van der Waals surface area contributed by atoms with E-state index < -0.39 is 11.7 Å². The minimum Gasteiger partial charge on any atom is -0.497 e. The second-order valence-electron chi connectivity index (χ2n) is 4.98. The fourth-order valence-corrected chi connectivity index (χ4v) is 1.46. The van der Waals surface area contributed by atoms with Crippen molar-refractivity contribution < 1.29 is 14.3 Å². The lowest BCUT2D eigenvalue weighted by Gasteiger charge is -2.20. The number of hydrogen-bond donors (Lipinski definition) is 1. The Labute approximate surface area is 113 Å². The summed E-state index contributed by atoms with van der Waals surface area (Å²) in [4.78, 5) is 11.7. The third kappa shape index (κ3) is 4.88. The Morgan fingerprint density at radius 3 is 2.63 bits per heavy atom. The van der Waals surface area contributed by atoms with Crippen LogP contribution >= 0.6 is 0 Å². The smallest absolute Gasteiger partial charge is 0.412 e. The van der Waals surface area contributed by atoms with E-state index in [-0.39, 0.29) is 6.42 Å². The lowest BCUT2D eigenvalue weighted by atomic mass is 10.1. The number of nitrogens with zero attached hydrogens (tertiary/aromatic N) is 1. The molecule has 0 saturated heterocycles. The van der Waals surface area contributed by atoms with Gasteiger partial charge in [-0.05, 0) is 44.5 Å². The van der Waals surface area contributed by atoms with Gasteiger partial charge in [-0.3, -0.25) is 5.32 Å². The molecule has 1 N–H and O–H groups in total. The molecule has 0 spiro atoms. The molecule has 0 radical (unpaired) electrons. The summed E-state index contributed by atoms with van der Waals surface area (Å²) in [6, 6.07) is 7.17. The maximum absolute atomic E-state index is 11.7. The molecule has 102 valence electrons. The molecule has 0 atom stereocenters. The van der Waals surface area contributed by atoms with Gasteiger partial charge in [0.25, 0.3) is 0 Å². The van der Waals surface area contributed by atoms with Gasteiger partial charge in [-0.25, -0.2) is 4.79 Å². The molecule has 0 heterocycles. The molecular formula is C14H18N2O3. The van der Waals surface area contributed by atoms with Crippen LogP contribution in [0.1, 0.15) is 26.3 Å². The summed E-state index contributed by atoms with van der Waals surface area (Å²) >= 11 is 0. The first-order chi connectivity index (χ1) is 8.85. The Morgan fingerprint density at radius 1 is 1.42 bits per heavy atom. The van der Waals surface area contributed by atoms with Gasteiger partial charge in [-0.15, -0.1) is 0 Å². The second-order valence-corrected chi connectivity index (χ2v) is 4.98. The third-order valence-electron chi connectivity index (χ3n) is 2.22. The van der Waals surface area contributed by atoms with E-state index in [0.717, 1.165) is 0 Å². The van der Waals surface area contributed by atoms with Crippen LogP contribution in [0.4, 0.5) is 10.5 Å². The van der Waals surface area contributed by atoms with Crippen molar-refractivity contribution in [1.82, 2.24) is 0 Å². The van der Waals surface area contributed by atoms with Crippen LogP contribution in [-0.2, 0) is 11.2 Å². The molecule has 0 aliphatic heterocycles. The molecule has 0 aliphatic rings. The van der Waals surface area contributed by atoms with Crippen LogP contribution < -0.4 is 10.1 Å². The lowest BCUT2D eigenvalue weighted by molar-refractivity contribution is 0.0636. The Morgan fingerprint density at radius 2 is 2.11 bits per heavy atom. The van der Waals surface area contributed by atoms with Crippen molar-refractivity contribution in [1.29, 1.82) is 5.26 Å². The largest absolute Gasteiger partial charge is 0.497 e. The van der Waals surface area contributed by atoms with Gasteiger partial charge in [-0.1, -0.05) is 0 Å². The number of methoxy groups -OCH3 is 1. The molecule has 19 heavy (non-hydrogen) atoms. The van der Waals surface area contributed by atoms with Crippen molar-refractivity contribution in [2.75, 3.05) is 12.4 Å². The summed E-state index contributed by atoms with van der Waals surface area (Å²) in [6.45, 7) is 5.37. The number of anilines is 1. The number of rotatable bonds is 3. The van der Waals surface area contributed by atoms with E-state index in [1.165, 1.54) is 0 Å². The van der Waals surface area contributed by atoms with Crippen LogP contribution in [0.5, 0.6) is 5.75 Å². The Balaban J connectivity index is 2.88. The monoisotopic (exact) mass is 262 g/mol. The minimum absolute atomic E-state index is 0.183. The highest BCUT2D eigenvalue weighted by Crippen LogP contribution is 2.23. The first kappa shape index (κ1) is 14.8. The normalized spacial score (nSPS) is 10.5. The number of amides is 1. The summed E-state index contributed by atoms with van der Waals surface area (Å²) in [7, 11) is 1.55. The predicted molar refractivity (Wildman–Crippen MR) is 72.2 cm³/mol. The Kier molecular flexibility index (Phi) is 4.76. The van der Waals surface area contributed by atoms with Gasteiger partial charge in [-0.2, -0.15) is 5.26 Å². The molecule has 0 saturated carbocycles. The summed E-state index contributed by atoms with van der Waals surface area (Å²) in [5.74, 6) is 0.639. The average Bonchev–Trinajstić information content (AvgIpc) is 2.29. The molecule has 1 aromatic carbocycles. The quantitative estimate of drug-likeness (QED) is 0.908. The van der Waals surface area contributed by atoms with Gasteiger partial charge in [0.2, 0.25) is 0 Å². The fourth-order valence-electron chi connectivity index (χ4n) is 1.46. The molecule has 5 nitrogen and oxygen atoms in total. The van der Waals surface area contributed by atoms with Crippen molar-refractivity contribution in [3.8, 4) is 11.8 Å². The van der Waals surface area contributed by atoms with E-state index in [1.807, 2.05) is 6.07 Å². The highest BCUT2D eigenvalue weighted by Gasteiger charge is 2.17. The van der Waals surface area contributed by atoms with Gasteiger partial charge < -0.3 is 9.47 Å². The maximum Gasteiger partial charge on any atom is 0.412 e. The van der Waals surface area contributed by atoms with Crippen LogP contribution in [-0.4, -0.2) is 18.8 Å². The molecule has 0 aliphatic carbocycles. The SMILES string of the molecule is COc1ccc(NC(=O)OC(C)(C)C)c(CC#N)c1. The van der Waals surface area contributed by atoms with Crippen LogP contribution in [0.15, 0.2) is 18.2 Å². The molecule has 1 amide bonds. The zero-order valence-electron chi connectivity index (χ0n) is 11.6. The Bertz CT molecular complexity index is 498. The molecule has 0 aromatic heterocycles. The number of ether oxygens (including phenoxy) is 2. The number of hydrogen-bond acceptors (Lipinski definition) is 4. The highest BCUT2D eigenvalue weighted by atomic mass is 16.6. The minimum atomic E-state index is -0.564. The van der Waals surface area contributed by atoms with Gasteiger partial charge in [0, 0.05) is 5.69 Å². The van der Waals surface area contributed by atoms with E-state index >= 15 is 0 Å². The fraction of sp³-hybridized carbons (Fsp3) is 0.429. The zero-order valence-corrected chi connectivity index (χ0v) is 11.6. The second kappa shape index (κ2) is 6.10. The standard InChI is InChI=1S/C14H18N2O3/c1-14(2,3)19-13(17)16-12-6-5-11(18-4)9-10(12)7-8-15/h5-6,9H,7H2,1-4H3,(H,16,17). The van der Waals surface area contributed by atoms with Crippen LogP contribution in [0.2, 0.25) is 0 Å². The van der Waals surface area contributed by atoms with E-state index in [1.54, 1.807) is 46.1 Å². The zero-order chi connectivity index (χ0) is 14.5. The number of carbonyl (C=O) groups excluding carboxylic acids is 1. The average molecular weight is 262 g/mol. The predicted octanol–water partition coefficient (Wildman–Crippen LogP) is 3.11. The van der Waals surface area contributed by atoms with Gasteiger partial charge in [0.1, 0.15) is 11.4 Å². The molecule has 0 fully saturated rings. The summed E-state index contributed by atoms with van der Waals surface area (Å²) in [5.41, 5.74) is 0.677. The number of benzene rings is 1. The van der Waals surface area contributed by atoms with Crippen LogP contribution in [0.3, 0.4) is 0 Å². The van der Waals surface area contributed by atoms with Crippen molar-refractivity contribution in [3.63, 3.8) is 0 Å². The molecule has 0 unspecified atom stereocenters. The molecule has 5 heteroatoms. The van der Waals surface area contributed by atoms with Crippen molar-refractivity contribution in [3.05, 3.63) is 23.8 Å². The topological polar surface area (TPSA) is 71.3 Å². The van der Waals surface area contributed by atoms with Gasteiger partial charge in [0.15, 0.2) is 0 Å². The lowest BCUT2D eigenvalue weighted by Crippen LogP contribution is -2.27. The summed E-state index contributed by atoms with van der Waals surface area (Å²) < 4.78 is 10.3. The molecule has 1 aromatic rings. The molecule has 1 rings (SSSR count). The van der Waals surface area contributed by atoms with Crippen LogP contribution in [0.25, 0.3) is 0 Å². The van der Waals surface area contributed by atoms with E-state index in [4.69, 9.17) is 14.7 Å². The van der Waals surface area contributed by atoms with Gasteiger partial charge >= 0.3 is 6.09 Å². The number of nitriles is 1. The van der Waals surface area contributed by atoms with E-state index in [2.05, 4.69) is 5.32 Å². The van der Waals surface area contributed by atoms with Crippen molar-refractivity contribution in [2.45, 2.75) is 32.8 Å². The molecular weight excluding hydrogens is 244 g/mol. The highest BCUT2D eigenvalue weighted by molar-refractivity contribution is 5.86. The maximum atomic E-state index is 11.7. The number of nitrogens with one attached hydrogen (secondary N) is 1. The summed E-state index contributed by atoms with van der Waals surface area (Å²) in [6.07, 6.45) is -0.362. The van der Waals surface area contributed by atoms with Crippen molar-refractivity contribution >= 4 is 11.8 Å². The van der Waals surface area contributed by atoms with Crippen molar-refractivity contribution in [2.24, 2.45) is 0 Å². The first-order valence-electron chi connectivity index (χ1n) is 5.89.